The molecule has 0 saturated carbocycles. The molecule has 1 amide bonds. The number of aromatic nitrogens is 3. The molecular formula is C24H23FN4O6S. The topological polar surface area (TPSA) is 122 Å². The summed E-state index contributed by atoms with van der Waals surface area (Å²) in [5.74, 6) is -1.24. The Morgan fingerprint density at radius 3 is 2.47 bits per heavy atom. The summed E-state index contributed by atoms with van der Waals surface area (Å²) in [6, 6.07) is 9.69. The highest BCUT2D eigenvalue weighted by atomic mass is 32.2. The molecule has 0 unspecified atom stereocenters. The number of carbonyl (C=O) groups is 3. The number of halogens is 1. The van der Waals surface area contributed by atoms with Gasteiger partial charge in [0.25, 0.3) is 0 Å². The number of carbonyl (C=O) groups excluding carboxylic acids is 3. The lowest BCUT2D eigenvalue weighted by Crippen LogP contribution is -2.18. The number of esters is 2. The average molecular weight is 515 g/mol. The van der Waals surface area contributed by atoms with Crippen LogP contribution in [-0.2, 0) is 27.4 Å². The molecule has 0 aliphatic carbocycles. The molecule has 0 aliphatic rings. The first kappa shape index (κ1) is 26.4. The highest BCUT2D eigenvalue weighted by Gasteiger charge is 2.19. The maximum absolute atomic E-state index is 13.1. The van der Waals surface area contributed by atoms with Crippen molar-refractivity contribution in [3.8, 4) is 5.75 Å². The molecular weight excluding hydrogens is 491 g/mol. The van der Waals surface area contributed by atoms with E-state index < -0.39 is 17.8 Å². The van der Waals surface area contributed by atoms with Crippen molar-refractivity contribution in [1.29, 1.82) is 0 Å². The van der Waals surface area contributed by atoms with E-state index in [-0.39, 0.29) is 35.0 Å². The van der Waals surface area contributed by atoms with E-state index in [0.717, 1.165) is 11.8 Å². The van der Waals surface area contributed by atoms with Crippen LogP contribution < -0.4 is 10.1 Å². The van der Waals surface area contributed by atoms with Crippen molar-refractivity contribution in [3.63, 3.8) is 0 Å². The molecule has 0 saturated heterocycles. The molecule has 3 rings (SSSR count). The quantitative estimate of drug-likeness (QED) is 0.233. The molecule has 10 nitrogen and oxygen atoms in total. The highest BCUT2D eigenvalue weighted by molar-refractivity contribution is 7.99. The average Bonchev–Trinajstić information content (AvgIpc) is 3.27. The van der Waals surface area contributed by atoms with Crippen molar-refractivity contribution in [3.05, 3.63) is 77.9 Å². The van der Waals surface area contributed by atoms with Gasteiger partial charge in [-0.1, -0.05) is 17.8 Å². The van der Waals surface area contributed by atoms with Crippen molar-refractivity contribution >= 4 is 35.3 Å². The molecule has 12 heteroatoms. The van der Waals surface area contributed by atoms with E-state index >= 15 is 0 Å². The van der Waals surface area contributed by atoms with E-state index in [1.54, 1.807) is 10.6 Å². The van der Waals surface area contributed by atoms with E-state index in [9.17, 15) is 18.8 Å². The van der Waals surface area contributed by atoms with Crippen molar-refractivity contribution in [1.82, 2.24) is 14.8 Å². The zero-order valence-corrected chi connectivity index (χ0v) is 20.3. The number of anilines is 1. The number of benzene rings is 2. The molecule has 0 aliphatic heterocycles. The lowest BCUT2D eigenvalue weighted by molar-refractivity contribution is -0.113. The number of methoxy groups -OCH3 is 2. The minimum Gasteiger partial charge on any atom is -0.486 e. The molecule has 0 radical (unpaired) electrons. The van der Waals surface area contributed by atoms with Crippen LogP contribution in [0.15, 0.2) is 60.3 Å². The molecule has 188 valence electrons. The third kappa shape index (κ3) is 6.69. The van der Waals surface area contributed by atoms with Gasteiger partial charge in [0.1, 0.15) is 18.2 Å². The Bertz CT molecular complexity index is 1260. The molecule has 2 aromatic carbocycles. The zero-order chi connectivity index (χ0) is 26.1. The van der Waals surface area contributed by atoms with Crippen molar-refractivity contribution in [2.45, 2.75) is 18.3 Å². The maximum atomic E-state index is 13.1. The monoisotopic (exact) mass is 514 g/mol. The van der Waals surface area contributed by atoms with E-state index in [0.29, 0.717) is 23.3 Å². The van der Waals surface area contributed by atoms with Gasteiger partial charge in [0.2, 0.25) is 5.91 Å². The predicted octanol–water partition coefficient (Wildman–Crippen LogP) is 3.49. The van der Waals surface area contributed by atoms with Crippen LogP contribution in [0.5, 0.6) is 5.75 Å². The van der Waals surface area contributed by atoms with Gasteiger partial charge >= 0.3 is 11.9 Å². The Morgan fingerprint density at radius 2 is 1.81 bits per heavy atom. The van der Waals surface area contributed by atoms with Gasteiger partial charge < -0.3 is 19.5 Å². The number of ether oxygens (including phenoxy) is 3. The number of thioether (sulfide) groups is 1. The van der Waals surface area contributed by atoms with Gasteiger partial charge in [0.05, 0.1) is 36.8 Å². The molecule has 0 atom stereocenters. The normalized spacial score (nSPS) is 10.4. The number of nitrogens with zero attached hydrogens (tertiary/aromatic N) is 3. The smallest absolute Gasteiger partial charge is 0.339 e. The third-order valence-electron chi connectivity index (χ3n) is 4.74. The van der Waals surface area contributed by atoms with Crippen LogP contribution in [0.4, 0.5) is 10.1 Å². The van der Waals surface area contributed by atoms with Crippen molar-refractivity contribution < 1.29 is 33.0 Å². The fourth-order valence-corrected chi connectivity index (χ4v) is 3.79. The standard InChI is InChI=1S/C24H23FN4O6S/c1-4-11-29-20(13-35-17-8-6-16(25)7-9-17)27-28-24(29)36-14-21(30)26-19-12-15(22(31)33-2)5-10-18(19)23(32)34-3/h4-10,12H,1,11,13-14H2,2-3H3,(H,26,30). The van der Waals surface area contributed by atoms with Crippen LogP contribution in [0, 0.1) is 5.82 Å². The second kappa shape index (κ2) is 12.5. The van der Waals surface area contributed by atoms with Crippen molar-refractivity contribution in [2.75, 3.05) is 25.3 Å². The van der Waals surface area contributed by atoms with E-state index in [1.165, 1.54) is 56.7 Å². The van der Waals surface area contributed by atoms with Crippen LogP contribution in [0.3, 0.4) is 0 Å². The summed E-state index contributed by atoms with van der Waals surface area (Å²) in [7, 11) is 2.44. The SMILES string of the molecule is C=CCn1c(COc2ccc(F)cc2)nnc1SCC(=O)Nc1cc(C(=O)OC)ccc1C(=O)OC. The minimum absolute atomic E-state index is 0.0715. The molecule has 1 heterocycles. The first-order valence-corrected chi connectivity index (χ1v) is 11.5. The first-order valence-electron chi connectivity index (χ1n) is 10.5. The summed E-state index contributed by atoms with van der Waals surface area (Å²) in [5, 5.41) is 11.3. The fraction of sp³-hybridized carbons (Fsp3) is 0.208. The summed E-state index contributed by atoms with van der Waals surface area (Å²) >= 11 is 1.11. The fourth-order valence-electron chi connectivity index (χ4n) is 3.02. The molecule has 3 aromatic rings. The largest absolute Gasteiger partial charge is 0.486 e. The summed E-state index contributed by atoms with van der Waals surface area (Å²) in [6.45, 7) is 4.17. The summed E-state index contributed by atoms with van der Waals surface area (Å²) < 4.78 is 29.9. The Kier molecular flexibility index (Phi) is 9.17. The minimum atomic E-state index is -0.675. The number of amides is 1. The molecule has 1 aromatic heterocycles. The molecule has 36 heavy (non-hydrogen) atoms. The second-order valence-corrected chi connectivity index (χ2v) is 8.06. The Labute approximate surface area is 210 Å². The second-order valence-electron chi connectivity index (χ2n) is 7.12. The van der Waals surface area contributed by atoms with Crippen LogP contribution >= 0.6 is 11.8 Å². The van der Waals surface area contributed by atoms with Crippen molar-refractivity contribution in [2.24, 2.45) is 0 Å². The molecule has 0 bridgehead atoms. The lowest BCUT2D eigenvalue weighted by Gasteiger charge is -2.12. The molecule has 1 N–H and O–H groups in total. The van der Waals surface area contributed by atoms with Crippen LogP contribution in [0.2, 0.25) is 0 Å². The Morgan fingerprint density at radius 1 is 1.08 bits per heavy atom. The first-order chi connectivity index (χ1) is 17.4. The Balaban J connectivity index is 1.70. The van der Waals surface area contributed by atoms with Gasteiger partial charge in [-0.15, -0.1) is 16.8 Å². The highest BCUT2D eigenvalue weighted by Crippen LogP contribution is 2.22. The predicted molar refractivity (Wildman–Crippen MR) is 129 cm³/mol. The number of allylic oxidation sites excluding steroid dienone is 1. The number of nitrogens with one attached hydrogen (secondary N) is 1. The van der Waals surface area contributed by atoms with Gasteiger partial charge in [0.15, 0.2) is 11.0 Å². The number of hydrogen-bond acceptors (Lipinski definition) is 9. The van der Waals surface area contributed by atoms with Gasteiger partial charge in [-0.3, -0.25) is 9.36 Å². The zero-order valence-electron chi connectivity index (χ0n) is 19.5. The van der Waals surface area contributed by atoms with Gasteiger partial charge in [-0.2, -0.15) is 0 Å². The number of rotatable bonds is 11. The van der Waals surface area contributed by atoms with Gasteiger partial charge in [-0.05, 0) is 42.5 Å². The van der Waals surface area contributed by atoms with Crippen LogP contribution in [0.1, 0.15) is 26.5 Å². The summed E-state index contributed by atoms with van der Waals surface area (Å²) in [5.41, 5.74) is 0.347. The van der Waals surface area contributed by atoms with Gasteiger partial charge in [-0.25, -0.2) is 14.0 Å². The molecule has 0 spiro atoms. The molecule has 0 fully saturated rings. The van der Waals surface area contributed by atoms with E-state index in [2.05, 4.69) is 22.1 Å². The lowest BCUT2D eigenvalue weighted by atomic mass is 10.1. The van der Waals surface area contributed by atoms with Crippen LogP contribution in [0.25, 0.3) is 0 Å². The summed E-state index contributed by atoms with van der Waals surface area (Å²) in [4.78, 5) is 36.6. The Hall–Kier alpha value is -4.19. The van der Waals surface area contributed by atoms with Crippen LogP contribution in [-0.4, -0.2) is 52.6 Å². The van der Waals surface area contributed by atoms with E-state index in [4.69, 9.17) is 14.2 Å². The number of hydrogen-bond donors (Lipinski definition) is 1. The van der Waals surface area contributed by atoms with E-state index in [1.807, 2.05) is 0 Å². The van der Waals surface area contributed by atoms with Gasteiger partial charge in [0, 0.05) is 6.54 Å². The maximum Gasteiger partial charge on any atom is 0.339 e. The summed E-state index contributed by atoms with van der Waals surface area (Å²) in [6.07, 6.45) is 1.65. The third-order valence-corrected chi connectivity index (χ3v) is 5.71.